The van der Waals surface area contributed by atoms with Gasteiger partial charge in [-0.3, -0.25) is 0 Å². The maximum Gasteiger partial charge on any atom is 0.213 e. The predicted molar refractivity (Wildman–Crippen MR) is 76.4 cm³/mol. The first-order valence-corrected chi connectivity index (χ1v) is 7.29. The Morgan fingerprint density at radius 1 is 1.42 bits per heavy atom. The number of nitrogens with zero attached hydrogens (tertiary/aromatic N) is 4. The van der Waals surface area contributed by atoms with Crippen molar-refractivity contribution < 1.29 is 0 Å². The van der Waals surface area contributed by atoms with Crippen molar-refractivity contribution >= 4 is 23.4 Å². The Kier molecular flexibility index (Phi) is 5.18. The molecule has 1 aromatic heterocycles. The van der Waals surface area contributed by atoms with Crippen molar-refractivity contribution in [3.05, 3.63) is 28.8 Å². The highest BCUT2D eigenvalue weighted by atomic mass is 35.5. The van der Waals surface area contributed by atoms with E-state index in [9.17, 15) is 0 Å². The summed E-state index contributed by atoms with van der Waals surface area (Å²) in [6.07, 6.45) is 1.11. The lowest BCUT2D eigenvalue weighted by atomic mass is 10.2. The Bertz CT molecular complexity index is 543. The molecule has 0 bridgehead atoms. The lowest BCUT2D eigenvalue weighted by molar-refractivity contribution is 0.661. The summed E-state index contributed by atoms with van der Waals surface area (Å²) in [5.41, 5.74) is 1.20. The van der Waals surface area contributed by atoms with E-state index in [-0.39, 0.29) is 0 Å². The molecule has 0 saturated heterocycles. The van der Waals surface area contributed by atoms with Gasteiger partial charge in [0.2, 0.25) is 5.16 Å². The minimum atomic E-state index is 0.719. The van der Waals surface area contributed by atoms with Crippen LogP contribution < -0.4 is 5.32 Å². The van der Waals surface area contributed by atoms with E-state index in [0.29, 0.717) is 0 Å². The normalized spacial score (nSPS) is 10.9. The highest BCUT2D eigenvalue weighted by Gasteiger charge is 2.09. The molecule has 102 valence electrons. The minimum Gasteiger partial charge on any atom is -0.313 e. The summed E-state index contributed by atoms with van der Waals surface area (Å²) in [6.45, 7) is 3.96. The van der Waals surface area contributed by atoms with E-state index in [1.54, 1.807) is 4.68 Å². The summed E-state index contributed by atoms with van der Waals surface area (Å²) < 4.78 is 1.65. The van der Waals surface area contributed by atoms with Crippen LogP contribution in [0.5, 0.6) is 0 Å². The summed E-state index contributed by atoms with van der Waals surface area (Å²) in [6, 6.07) is 5.89. The first-order chi connectivity index (χ1) is 9.20. The molecule has 0 amide bonds. The molecule has 5 nitrogen and oxygen atoms in total. The Balaban J connectivity index is 2.17. The van der Waals surface area contributed by atoms with E-state index in [1.807, 2.05) is 25.2 Å². The highest BCUT2D eigenvalue weighted by Crippen LogP contribution is 2.30. The van der Waals surface area contributed by atoms with Crippen molar-refractivity contribution in [1.82, 2.24) is 25.5 Å². The van der Waals surface area contributed by atoms with Crippen LogP contribution in [0.15, 0.2) is 28.3 Å². The van der Waals surface area contributed by atoms with Crippen molar-refractivity contribution in [2.24, 2.45) is 7.05 Å². The average Bonchev–Trinajstić information content (AvgIpc) is 2.78. The fourth-order valence-corrected chi connectivity index (χ4v) is 2.71. The molecule has 0 aliphatic rings. The number of aryl methyl sites for hydroxylation is 1. The molecule has 7 heteroatoms. The fourth-order valence-electron chi connectivity index (χ4n) is 1.58. The predicted octanol–water partition coefficient (Wildman–Crippen LogP) is 2.51. The van der Waals surface area contributed by atoms with Gasteiger partial charge in [0.1, 0.15) is 0 Å². The molecule has 1 N–H and O–H groups in total. The van der Waals surface area contributed by atoms with E-state index in [0.717, 1.165) is 34.6 Å². The van der Waals surface area contributed by atoms with Crippen molar-refractivity contribution in [1.29, 1.82) is 0 Å². The van der Waals surface area contributed by atoms with E-state index >= 15 is 0 Å². The summed E-state index contributed by atoms with van der Waals surface area (Å²) in [4.78, 5) is 1.08. The third kappa shape index (κ3) is 3.92. The van der Waals surface area contributed by atoms with E-state index in [1.165, 1.54) is 17.3 Å². The number of hydrogen-bond acceptors (Lipinski definition) is 5. The van der Waals surface area contributed by atoms with Gasteiger partial charge in [-0.15, -0.1) is 5.10 Å². The molecule has 1 heterocycles. The van der Waals surface area contributed by atoms with Crippen molar-refractivity contribution in [3.8, 4) is 0 Å². The molecule has 0 aliphatic heterocycles. The smallest absolute Gasteiger partial charge is 0.213 e. The van der Waals surface area contributed by atoms with Gasteiger partial charge in [-0.2, -0.15) is 0 Å². The van der Waals surface area contributed by atoms with Crippen molar-refractivity contribution in [2.75, 3.05) is 6.54 Å². The first kappa shape index (κ1) is 14.3. The molecule has 0 saturated carbocycles. The van der Waals surface area contributed by atoms with Crippen molar-refractivity contribution in [2.45, 2.75) is 29.9 Å². The van der Waals surface area contributed by atoms with Crippen LogP contribution in [0.3, 0.4) is 0 Å². The molecule has 2 rings (SSSR count). The second-order valence-electron chi connectivity index (χ2n) is 4.12. The second-order valence-corrected chi connectivity index (χ2v) is 5.56. The van der Waals surface area contributed by atoms with Crippen LogP contribution in [0.1, 0.15) is 18.9 Å². The second kappa shape index (κ2) is 6.88. The largest absolute Gasteiger partial charge is 0.313 e. The molecule has 0 radical (unpaired) electrons. The molecule has 2 aromatic rings. The molecule has 0 fully saturated rings. The zero-order valence-electron chi connectivity index (χ0n) is 10.9. The van der Waals surface area contributed by atoms with Crippen LogP contribution in [-0.2, 0) is 13.6 Å². The zero-order valence-corrected chi connectivity index (χ0v) is 12.5. The van der Waals surface area contributed by atoms with Gasteiger partial charge in [0.05, 0.1) is 0 Å². The van der Waals surface area contributed by atoms with E-state index < -0.39 is 0 Å². The zero-order chi connectivity index (χ0) is 13.7. The van der Waals surface area contributed by atoms with Gasteiger partial charge < -0.3 is 5.32 Å². The van der Waals surface area contributed by atoms with Crippen LogP contribution in [-0.4, -0.2) is 26.8 Å². The molecule has 0 unspecified atom stereocenters. The Morgan fingerprint density at radius 3 is 2.95 bits per heavy atom. The van der Waals surface area contributed by atoms with Crippen LogP contribution >= 0.6 is 23.4 Å². The third-order valence-electron chi connectivity index (χ3n) is 2.55. The molecule has 19 heavy (non-hydrogen) atoms. The SMILES string of the molecule is CCCNCc1ccc(Cl)cc1Sc1nnnn1C. The van der Waals surface area contributed by atoms with Gasteiger partial charge in [-0.25, -0.2) is 4.68 Å². The lowest BCUT2D eigenvalue weighted by Crippen LogP contribution is -2.14. The third-order valence-corrected chi connectivity index (χ3v) is 3.92. The molecule has 0 spiro atoms. The van der Waals surface area contributed by atoms with Crippen LogP contribution in [0.2, 0.25) is 5.02 Å². The van der Waals surface area contributed by atoms with Gasteiger partial charge >= 0.3 is 0 Å². The first-order valence-electron chi connectivity index (χ1n) is 6.10. The quantitative estimate of drug-likeness (QED) is 0.830. The summed E-state index contributed by atoms with van der Waals surface area (Å²) >= 11 is 7.59. The average molecular weight is 298 g/mol. The maximum atomic E-state index is 6.07. The fraction of sp³-hybridized carbons (Fsp3) is 0.417. The van der Waals surface area contributed by atoms with Crippen LogP contribution in [0, 0.1) is 0 Å². The molecule has 1 aromatic carbocycles. The van der Waals surface area contributed by atoms with Crippen LogP contribution in [0.25, 0.3) is 0 Å². The van der Waals surface area contributed by atoms with Gasteiger partial charge in [-0.1, -0.05) is 24.6 Å². The van der Waals surface area contributed by atoms with Crippen molar-refractivity contribution in [3.63, 3.8) is 0 Å². The number of rotatable bonds is 6. The van der Waals surface area contributed by atoms with Crippen LogP contribution in [0.4, 0.5) is 0 Å². The molecular weight excluding hydrogens is 282 g/mol. The molecule has 0 atom stereocenters. The number of benzene rings is 1. The summed E-state index contributed by atoms with van der Waals surface area (Å²) in [7, 11) is 1.82. The Morgan fingerprint density at radius 2 is 2.26 bits per heavy atom. The van der Waals surface area contributed by atoms with Gasteiger partial charge in [0.25, 0.3) is 0 Å². The summed E-state index contributed by atoms with van der Waals surface area (Å²) in [5.74, 6) is 0. The monoisotopic (exact) mass is 297 g/mol. The van der Waals surface area contributed by atoms with E-state index in [2.05, 4.69) is 27.8 Å². The summed E-state index contributed by atoms with van der Waals surface area (Å²) in [5, 5.41) is 16.3. The van der Waals surface area contributed by atoms with Gasteiger partial charge in [0.15, 0.2) is 0 Å². The lowest BCUT2D eigenvalue weighted by Gasteiger charge is -2.09. The van der Waals surface area contributed by atoms with Gasteiger partial charge in [0, 0.05) is 23.5 Å². The number of aromatic nitrogens is 4. The topological polar surface area (TPSA) is 55.6 Å². The number of halogens is 1. The number of hydrogen-bond donors (Lipinski definition) is 1. The number of tetrazole rings is 1. The standard InChI is InChI=1S/C12H16ClN5S/c1-3-6-14-8-9-4-5-10(13)7-11(9)19-12-15-16-17-18(12)2/h4-5,7,14H,3,6,8H2,1-2H3. The van der Waals surface area contributed by atoms with Gasteiger partial charge in [-0.05, 0) is 52.9 Å². The minimum absolute atomic E-state index is 0.719. The molecular formula is C12H16ClN5S. The maximum absolute atomic E-state index is 6.07. The Hall–Kier alpha value is -1.11. The highest BCUT2D eigenvalue weighted by molar-refractivity contribution is 7.99. The number of nitrogens with one attached hydrogen (secondary N) is 1. The molecule has 0 aliphatic carbocycles. The Labute approximate surface area is 121 Å². The van der Waals surface area contributed by atoms with E-state index in [4.69, 9.17) is 11.6 Å².